The Bertz CT molecular complexity index is 864. The van der Waals surface area contributed by atoms with Crippen molar-refractivity contribution < 1.29 is 9.90 Å². The van der Waals surface area contributed by atoms with Crippen molar-refractivity contribution in [2.24, 2.45) is 0 Å². The molecule has 0 spiro atoms. The third-order valence-corrected chi connectivity index (χ3v) is 3.28. The van der Waals surface area contributed by atoms with Gasteiger partial charge in [-0.1, -0.05) is 24.3 Å². The van der Waals surface area contributed by atoms with E-state index in [1.807, 2.05) is 55.5 Å². The predicted molar refractivity (Wildman–Crippen MR) is 90.1 cm³/mol. The Hall–Kier alpha value is -3.15. The van der Waals surface area contributed by atoms with E-state index in [1.54, 1.807) is 0 Å². The summed E-state index contributed by atoms with van der Waals surface area (Å²) in [5.74, 6) is -0.0313. The number of carboxylic acid groups (broad SMARTS) is 1. The average molecular weight is 308 g/mol. The molecule has 116 valence electrons. The second-order valence-corrected chi connectivity index (χ2v) is 5.15. The average Bonchev–Trinajstić information content (AvgIpc) is 2.52. The summed E-state index contributed by atoms with van der Waals surface area (Å²) in [5.41, 5.74) is 2.75. The number of nitrogens with zero attached hydrogens (tertiary/aromatic N) is 2. The first-order valence-corrected chi connectivity index (χ1v) is 7.18. The summed E-state index contributed by atoms with van der Waals surface area (Å²) < 4.78 is 0. The van der Waals surface area contributed by atoms with Crippen LogP contribution in [-0.4, -0.2) is 27.6 Å². The Labute approximate surface area is 133 Å². The number of rotatable bonds is 5. The van der Waals surface area contributed by atoms with Crippen molar-refractivity contribution in [3.63, 3.8) is 0 Å². The number of aliphatic carboxylic acids is 1. The molecule has 3 rings (SSSR count). The third-order valence-electron chi connectivity index (χ3n) is 3.28. The highest BCUT2D eigenvalue weighted by Crippen LogP contribution is 2.23. The van der Waals surface area contributed by atoms with E-state index in [-0.39, 0.29) is 6.54 Å². The molecule has 1 aromatic heterocycles. The quantitative estimate of drug-likeness (QED) is 0.671. The van der Waals surface area contributed by atoms with Gasteiger partial charge in [-0.05, 0) is 36.8 Å². The van der Waals surface area contributed by atoms with E-state index in [9.17, 15) is 4.79 Å². The Balaban J connectivity index is 1.98. The fraction of sp³-hybridized carbons (Fsp3) is 0.118. The van der Waals surface area contributed by atoms with E-state index in [1.165, 1.54) is 0 Å². The van der Waals surface area contributed by atoms with E-state index in [4.69, 9.17) is 5.11 Å². The summed E-state index contributed by atoms with van der Waals surface area (Å²) >= 11 is 0. The molecule has 0 saturated heterocycles. The fourth-order valence-corrected chi connectivity index (χ4v) is 2.28. The molecule has 3 N–H and O–H groups in total. The molecule has 0 bridgehead atoms. The summed E-state index contributed by atoms with van der Waals surface area (Å²) in [7, 11) is 0. The van der Waals surface area contributed by atoms with Crippen LogP contribution in [0.15, 0.2) is 48.5 Å². The van der Waals surface area contributed by atoms with Crippen LogP contribution in [0.1, 0.15) is 5.56 Å². The predicted octanol–water partition coefficient (Wildman–Crippen LogP) is 3.18. The maximum Gasteiger partial charge on any atom is 0.322 e. The van der Waals surface area contributed by atoms with Crippen molar-refractivity contribution in [3.05, 3.63) is 54.1 Å². The lowest BCUT2D eigenvalue weighted by Gasteiger charge is -2.11. The van der Waals surface area contributed by atoms with Crippen molar-refractivity contribution in [1.82, 2.24) is 9.97 Å². The molecular formula is C17H16N4O2. The minimum atomic E-state index is -0.944. The minimum absolute atomic E-state index is 0.203. The molecule has 0 fully saturated rings. The van der Waals surface area contributed by atoms with E-state index >= 15 is 0 Å². The van der Waals surface area contributed by atoms with Gasteiger partial charge >= 0.3 is 5.97 Å². The van der Waals surface area contributed by atoms with Gasteiger partial charge < -0.3 is 15.7 Å². The van der Waals surface area contributed by atoms with Gasteiger partial charge in [0.2, 0.25) is 5.95 Å². The second kappa shape index (κ2) is 6.31. The number of carboxylic acids is 1. The zero-order valence-electron chi connectivity index (χ0n) is 12.6. The van der Waals surface area contributed by atoms with Crippen LogP contribution in [0.2, 0.25) is 0 Å². The Morgan fingerprint density at radius 2 is 1.96 bits per heavy atom. The first-order chi connectivity index (χ1) is 11.1. The van der Waals surface area contributed by atoms with Crippen LogP contribution in [0.5, 0.6) is 0 Å². The van der Waals surface area contributed by atoms with Crippen molar-refractivity contribution >= 4 is 34.3 Å². The van der Waals surface area contributed by atoms with Gasteiger partial charge in [-0.15, -0.1) is 0 Å². The largest absolute Gasteiger partial charge is 0.480 e. The molecule has 0 saturated carbocycles. The van der Waals surface area contributed by atoms with Gasteiger partial charge in [-0.25, -0.2) is 4.98 Å². The molecule has 0 aliphatic carbocycles. The van der Waals surface area contributed by atoms with Crippen LogP contribution >= 0.6 is 0 Å². The molecular weight excluding hydrogens is 292 g/mol. The highest BCUT2D eigenvalue weighted by molar-refractivity contribution is 5.91. The first-order valence-electron chi connectivity index (χ1n) is 7.18. The van der Waals surface area contributed by atoms with Crippen LogP contribution in [0.25, 0.3) is 10.9 Å². The van der Waals surface area contributed by atoms with E-state index in [2.05, 4.69) is 20.6 Å². The van der Waals surface area contributed by atoms with E-state index < -0.39 is 5.97 Å². The maximum atomic E-state index is 10.8. The Morgan fingerprint density at radius 3 is 2.74 bits per heavy atom. The minimum Gasteiger partial charge on any atom is -0.480 e. The zero-order valence-corrected chi connectivity index (χ0v) is 12.6. The number of nitrogens with one attached hydrogen (secondary N) is 2. The number of carbonyl (C=O) groups is 1. The van der Waals surface area contributed by atoms with E-state index in [0.717, 1.165) is 22.2 Å². The Morgan fingerprint density at radius 1 is 1.13 bits per heavy atom. The molecule has 1 heterocycles. The summed E-state index contributed by atoms with van der Waals surface area (Å²) in [6.45, 7) is 1.80. The first kappa shape index (κ1) is 14.8. The van der Waals surface area contributed by atoms with Crippen LogP contribution < -0.4 is 10.6 Å². The van der Waals surface area contributed by atoms with Crippen molar-refractivity contribution in [3.8, 4) is 0 Å². The van der Waals surface area contributed by atoms with Gasteiger partial charge in [0, 0.05) is 11.1 Å². The lowest BCUT2D eigenvalue weighted by Crippen LogP contribution is -2.14. The molecule has 0 unspecified atom stereocenters. The van der Waals surface area contributed by atoms with E-state index in [0.29, 0.717) is 11.8 Å². The molecule has 0 atom stereocenters. The van der Waals surface area contributed by atoms with Crippen molar-refractivity contribution in [2.75, 3.05) is 17.2 Å². The number of hydrogen-bond donors (Lipinski definition) is 3. The normalized spacial score (nSPS) is 10.5. The van der Waals surface area contributed by atoms with Crippen LogP contribution in [-0.2, 0) is 4.79 Å². The van der Waals surface area contributed by atoms with Crippen LogP contribution in [0.3, 0.4) is 0 Å². The standard InChI is InChI=1S/C17H16N4O2/c1-11-5-4-6-12(9-11)19-17-20-14-8-3-2-7-13(14)16(21-17)18-10-15(22)23/h2-9H,10H2,1H3,(H,22,23)(H2,18,19,20,21). The second-order valence-electron chi connectivity index (χ2n) is 5.15. The number of fused-ring (bicyclic) bond motifs is 1. The smallest absolute Gasteiger partial charge is 0.322 e. The number of aromatic nitrogens is 2. The SMILES string of the molecule is Cc1cccc(Nc2nc(NCC(=O)O)c3ccccc3n2)c1. The summed E-state index contributed by atoms with van der Waals surface area (Å²) in [4.78, 5) is 19.7. The third kappa shape index (κ3) is 3.55. The molecule has 6 heteroatoms. The number of hydrogen-bond acceptors (Lipinski definition) is 5. The topological polar surface area (TPSA) is 87.1 Å². The van der Waals surface area contributed by atoms with Gasteiger partial charge in [-0.2, -0.15) is 4.98 Å². The zero-order chi connectivity index (χ0) is 16.2. The molecule has 0 aliphatic heterocycles. The maximum absolute atomic E-state index is 10.8. The molecule has 0 radical (unpaired) electrons. The molecule has 23 heavy (non-hydrogen) atoms. The van der Waals surface area contributed by atoms with Crippen molar-refractivity contribution in [2.45, 2.75) is 6.92 Å². The van der Waals surface area contributed by atoms with Gasteiger partial charge in [0.25, 0.3) is 0 Å². The number of benzene rings is 2. The molecule has 6 nitrogen and oxygen atoms in total. The van der Waals surface area contributed by atoms with Crippen LogP contribution in [0.4, 0.5) is 17.5 Å². The van der Waals surface area contributed by atoms with Gasteiger partial charge in [0.05, 0.1) is 5.52 Å². The molecule has 0 amide bonds. The highest BCUT2D eigenvalue weighted by atomic mass is 16.4. The lowest BCUT2D eigenvalue weighted by atomic mass is 10.2. The Kier molecular flexibility index (Phi) is 4.05. The highest BCUT2D eigenvalue weighted by Gasteiger charge is 2.09. The molecule has 3 aromatic rings. The van der Waals surface area contributed by atoms with Gasteiger partial charge in [-0.3, -0.25) is 4.79 Å². The fourth-order valence-electron chi connectivity index (χ4n) is 2.28. The lowest BCUT2D eigenvalue weighted by molar-refractivity contribution is -0.134. The summed E-state index contributed by atoms with van der Waals surface area (Å²) in [6.07, 6.45) is 0. The van der Waals surface area contributed by atoms with Crippen molar-refractivity contribution in [1.29, 1.82) is 0 Å². The monoisotopic (exact) mass is 308 g/mol. The van der Waals surface area contributed by atoms with Gasteiger partial charge in [0.15, 0.2) is 0 Å². The number of aryl methyl sites for hydroxylation is 1. The molecule has 0 aliphatic rings. The van der Waals surface area contributed by atoms with Gasteiger partial charge in [0.1, 0.15) is 12.4 Å². The number of anilines is 3. The molecule has 2 aromatic carbocycles. The summed E-state index contributed by atoms with van der Waals surface area (Å²) in [6, 6.07) is 15.3. The summed E-state index contributed by atoms with van der Waals surface area (Å²) in [5, 5.41) is 15.6. The van der Waals surface area contributed by atoms with Crippen LogP contribution in [0, 0.1) is 6.92 Å². The number of para-hydroxylation sites is 1.